The number of hydrogen-bond acceptors (Lipinski definition) is 5. The molecule has 1 atom stereocenters. The van der Waals surface area contributed by atoms with Gasteiger partial charge in [-0.15, -0.1) is 11.3 Å². The summed E-state index contributed by atoms with van der Waals surface area (Å²) in [5, 5.41) is 0.0937. The molecule has 0 aliphatic carbocycles. The number of carbonyl (C=O) groups is 2. The SMILES string of the molecule is CN1C(=O)C(/C=C/C(=O)NS(=O)(=O)c2cc(Cl)c(Cl)s2)c2ccccc21. The monoisotopic (exact) mass is 430 g/mol. The second-order valence-electron chi connectivity index (χ2n) is 5.45. The number of likely N-dealkylation sites (N-methyl/N-ethyl adjacent to an activating group) is 1. The Kier molecular flexibility index (Phi) is 5.12. The zero-order valence-corrected chi connectivity index (χ0v) is 16.4. The zero-order chi connectivity index (χ0) is 19.1. The van der Waals surface area contributed by atoms with Crippen LogP contribution in [0.1, 0.15) is 11.5 Å². The number of thiophene rings is 1. The number of para-hydroxylation sites is 1. The van der Waals surface area contributed by atoms with Crippen LogP contribution in [0, 0.1) is 0 Å². The Hall–Kier alpha value is -1.87. The van der Waals surface area contributed by atoms with E-state index in [0.29, 0.717) is 0 Å². The van der Waals surface area contributed by atoms with Crippen molar-refractivity contribution in [3.05, 3.63) is 57.4 Å². The number of sulfonamides is 1. The quantitative estimate of drug-likeness (QED) is 0.754. The van der Waals surface area contributed by atoms with Crippen LogP contribution in [0.25, 0.3) is 0 Å². The first-order valence-electron chi connectivity index (χ1n) is 7.27. The van der Waals surface area contributed by atoms with Crippen molar-refractivity contribution in [1.29, 1.82) is 0 Å². The molecule has 1 aliphatic heterocycles. The minimum absolute atomic E-state index is 0.0937. The minimum Gasteiger partial charge on any atom is -0.314 e. The Balaban J connectivity index is 1.77. The molecule has 0 saturated heterocycles. The van der Waals surface area contributed by atoms with Crippen LogP contribution < -0.4 is 9.62 Å². The lowest BCUT2D eigenvalue weighted by Crippen LogP contribution is -2.28. The number of amides is 2. The Morgan fingerprint density at radius 2 is 2.00 bits per heavy atom. The highest BCUT2D eigenvalue weighted by atomic mass is 35.5. The summed E-state index contributed by atoms with van der Waals surface area (Å²) in [6.45, 7) is 0. The molecular weight excluding hydrogens is 419 g/mol. The molecule has 0 fully saturated rings. The van der Waals surface area contributed by atoms with E-state index in [0.717, 1.165) is 28.7 Å². The highest BCUT2D eigenvalue weighted by Crippen LogP contribution is 2.37. The van der Waals surface area contributed by atoms with Gasteiger partial charge < -0.3 is 4.90 Å². The van der Waals surface area contributed by atoms with Crippen molar-refractivity contribution < 1.29 is 18.0 Å². The molecule has 2 amide bonds. The van der Waals surface area contributed by atoms with E-state index >= 15 is 0 Å². The lowest BCUT2D eigenvalue weighted by atomic mass is 10.0. The average Bonchev–Trinajstić information content (AvgIpc) is 3.05. The molecule has 6 nitrogen and oxygen atoms in total. The molecule has 0 saturated carbocycles. The van der Waals surface area contributed by atoms with E-state index in [1.165, 1.54) is 17.0 Å². The fourth-order valence-corrected chi connectivity index (χ4v) is 5.39. The van der Waals surface area contributed by atoms with E-state index in [1.54, 1.807) is 25.2 Å². The lowest BCUT2D eigenvalue weighted by Gasteiger charge is -2.09. The van der Waals surface area contributed by atoms with E-state index in [1.807, 2.05) is 10.8 Å². The largest absolute Gasteiger partial charge is 0.314 e. The maximum Gasteiger partial charge on any atom is 0.273 e. The van der Waals surface area contributed by atoms with Crippen LogP contribution in [0.4, 0.5) is 5.69 Å². The molecule has 1 aromatic carbocycles. The van der Waals surface area contributed by atoms with E-state index in [4.69, 9.17) is 23.2 Å². The molecule has 1 unspecified atom stereocenters. The Morgan fingerprint density at radius 3 is 2.65 bits per heavy atom. The predicted octanol–water partition coefficient (Wildman–Crippen LogP) is 3.18. The molecule has 0 spiro atoms. The first-order chi connectivity index (χ1) is 12.2. The number of halogens is 2. The number of benzene rings is 1. The molecular formula is C16H12Cl2N2O4S2. The third kappa shape index (κ3) is 3.50. The van der Waals surface area contributed by atoms with Crippen LogP contribution >= 0.6 is 34.5 Å². The fourth-order valence-electron chi connectivity index (χ4n) is 2.56. The molecule has 0 radical (unpaired) electrons. The first kappa shape index (κ1) is 18.9. The summed E-state index contributed by atoms with van der Waals surface area (Å²) in [4.78, 5) is 25.8. The summed E-state index contributed by atoms with van der Waals surface area (Å²) >= 11 is 12.2. The Labute approximate surface area is 164 Å². The van der Waals surface area contributed by atoms with Gasteiger partial charge in [-0.2, -0.15) is 0 Å². The number of fused-ring (bicyclic) bond motifs is 1. The molecule has 0 bridgehead atoms. The molecule has 1 N–H and O–H groups in total. The van der Waals surface area contributed by atoms with Gasteiger partial charge in [0.25, 0.3) is 15.9 Å². The van der Waals surface area contributed by atoms with Gasteiger partial charge >= 0.3 is 0 Å². The van der Waals surface area contributed by atoms with Crippen molar-refractivity contribution in [3.8, 4) is 0 Å². The van der Waals surface area contributed by atoms with E-state index in [2.05, 4.69) is 0 Å². The molecule has 1 aliphatic rings. The number of nitrogens with zero attached hydrogens (tertiary/aromatic N) is 1. The summed E-state index contributed by atoms with van der Waals surface area (Å²) in [5.74, 6) is -1.71. The number of hydrogen-bond donors (Lipinski definition) is 1. The van der Waals surface area contributed by atoms with Crippen LogP contribution in [-0.4, -0.2) is 27.3 Å². The summed E-state index contributed by atoms with van der Waals surface area (Å²) < 4.78 is 26.2. The highest BCUT2D eigenvalue weighted by Gasteiger charge is 2.33. The number of rotatable bonds is 4. The van der Waals surface area contributed by atoms with Crippen molar-refractivity contribution in [2.75, 3.05) is 11.9 Å². The van der Waals surface area contributed by atoms with Crippen molar-refractivity contribution in [2.24, 2.45) is 0 Å². The number of nitrogens with one attached hydrogen (secondary N) is 1. The van der Waals surface area contributed by atoms with Gasteiger partial charge in [0.1, 0.15) is 8.55 Å². The number of carbonyl (C=O) groups excluding carboxylic acids is 2. The maximum absolute atomic E-state index is 12.3. The van der Waals surface area contributed by atoms with E-state index < -0.39 is 21.8 Å². The van der Waals surface area contributed by atoms with Crippen LogP contribution in [0.5, 0.6) is 0 Å². The summed E-state index contributed by atoms with van der Waals surface area (Å²) in [6, 6.07) is 8.36. The van der Waals surface area contributed by atoms with E-state index in [-0.39, 0.29) is 19.5 Å². The first-order valence-corrected chi connectivity index (χ1v) is 10.3. The lowest BCUT2D eigenvalue weighted by molar-refractivity contribution is -0.118. The Bertz CT molecular complexity index is 1010. The molecule has 2 aromatic rings. The second kappa shape index (κ2) is 7.03. The zero-order valence-electron chi connectivity index (χ0n) is 13.3. The number of anilines is 1. The summed E-state index contributed by atoms with van der Waals surface area (Å²) in [6.07, 6.45) is 2.41. The Morgan fingerprint density at radius 1 is 1.31 bits per heavy atom. The van der Waals surface area contributed by atoms with Gasteiger partial charge in [0.15, 0.2) is 0 Å². The van der Waals surface area contributed by atoms with Crippen molar-refractivity contribution in [2.45, 2.75) is 10.1 Å². The van der Waals surface area contributed by atoms with Crippen LogP contribution in [0.2, 0.25) is 9.36 Å². The van der Waals surface area contributed by atoms with Gasteiger partial charge in [-0.05, 0) is 17.7 Å². The second-order valence-corrected chi connectivity index (χ2v) is 9.42. The van der Waals surface area contributed by atoms with Crippen LogP contribution in [0.15, 0.2) is 46.7 Å². The average molecular weight is 431 g/mol. The third-order valence-corrected chi connectivity index (χ3v) is 7.48. The third-order valence-electron chi connectivity index (χ3n) is 3.79. The summed E-state index contributed by atoms with van der Waals surface area (Å²) in [7, 11) is -2.45. The minimum atomic E-state index is -4.09. The van der Waals surface area contributed by atoms with E-state index in [9.17, 15) is 18.0 Å². The smallest absolute Gasteiger partial charge is 0.273 e. The fraction of sp³-hybridized carbons (Fsp3) is 0.125. The van der Waals surface area contributed by atoms with Crippen molar-refractivity contribution in [1.82, 2.24) is 4.72 Å². The molecule has 26 heavy (non-hydrogen) atoms. The van der Waals surface area contributed by atoms with Crippen molar-refractivity contribution in [3.63, 3.8) is 0 Å². The molecule has 3 rings (SSSR count). The van der Waals surface area contributed by atoms with Gasteiger partial charge in [-0.3, -0.25) is 9.59 Å². The van der Waals surface area contributed by atoms with Gasteiger partial charge in [-0.1, -0.05) is 47.5 Å². The predicted molar refractivity (Wildman–Crippen MR) is 101 cm³/mol. The molecule has 2 heterocycles. The normalized spacial score (nSPS) is 17.0. The molecule has 136 valence electrons. The van der Waals surface area contributed by atoms with Crippen LogP contribution in [0.3, 0.4) is 0 Å². The highest BCUT2D eigenvalue weighted by molar-refractivity contribution is 7.92. The van der Waals surface area contributed by atoms with Gasteiger partial charge in [0.2, 0.25) is 5.91 Å². The summed E-state index contributed by atoms with van der Waals surface area (Å²) in [5.41, 5.74) is 1.51. The van der Waals surface area contributed by atoms with Gasteiger partial charge in [-0.25, -0.2) is 13.1 Å². The maximum atomic E-state index is 12.3. The standard InChI is InChI=1S/C16H12Cl2N2O4S2/c1-20-12-5-3-2-4-9(12)10(16(20)22)6-7-13(21)19-26(23,24)14-8-11(17)15(18)25-14/h2-8,10H,1H3,(H,19,21)/b7-6+. The molecule has 1 aromatic heterocycles. The topological polar surface area (TPSA) is 83.6 Å². The van der Waals surface area contributed by atoms with Crippen molar-refractivity contribution >= 4 is 62.1 Å². The van der Waals surface area contributed by atoms with Gasteiger partial charge in [0.05, 0.1) is 10.9 Å². The molecule has 10 heteroatoms. The van der Waals surface area contributed by atoms with Gasteiger partial charge in [0, 0.05) is 18.8 Å². The van der Waals surface area contributed by atoms with Crippen LogP contribution in [-0.2, 0) is 19.6 Å².